The second kappa shape index (κ2) is 7.59. The van der Waals surface area contributed by atoms with E-state index < -0.39 is 0 Å². The van der Waals surface area contributed by atoms with Crippen LogP contribution in [0, 0.1) is 0 Å². The van der Waals surface area contributed by atoms with Crippen LogP contribution in [0.5, 0.6) is 23.0 Å². The lowest BCUT2D eigenvalue weighted by Gasteiger charge is -2.36. The molecule has 0 spiro atoms. The van der Waals surface area contributed by atoms with E-state index in [-0.39, 0.29) is 12.8 Å². The van der Waals surface area contributed by atoms with Crippen molar-refractivity contribution in [3.8, 4) is 23.0 Å². The molecule has 1 atom stereocenters. The summed E-state index contributed by atoms with van der Waals surface area (Å²) in [7, 11) is 5.33. The van der Waals surface area contributed by atoms with Crippen molar-refractivity contribution in [2.45, 2.75) is 18.9 Å². The topological polar surface area (TPSA) is 72.8 Å². The molecule has 4 rings (SSSR count). The zero-order valence-electron chi connectivity index (χ0n) is 16.3. The van der Waals surface area contributed by atoms with Gasteiger partial charge in [-0.1, -0.05) is 17.3 Å². The minimum absolute atomic E-state index is 0.0229. The van der Waals surface area contributed by atoms with Gasteiger partial charge in [0.2, 0.25) is 12.5 Å². The molecular weight excluding hydrogens is 360 g/mol. The van der Waals surface area contributed by atoms with Gasteiger partial charge in [0.15, 0.2) is 11.5 Å². The Kier molecular flexibility index (Phi) is 5.00. The van der Waals surface area contributed by atoms with E-state index in [0.717, 1.165) is 35.6 Å². The molecule has 0 amide bonds. The minimum atomic E-state index is -0.0229. The van der Waals surface area contributed by atoms with Gasteiger partial charge in [-0.15, -0.1) is 0 Å². The highest BCUT2D eigenvalue weighted by Gasteiger charge is 2.34. The summed E-state index contributed by atoms with van der Waals surface area (Å²) < 4.78 is 22.3. The molecule has 148 valence electrons. The molecule has 2 aromatic rings. The van der Waals surface area contributed by atoms with Gasteiger partial charge in [-0.25, -0.2) is 0 Å². The van der Waals surface area contributed by atoms with E-state index >= 15 is 0 Å². The van der Waals surface area contributed by atoms with Crippen LogP contribution >= 0.6 is 0 Å². The molecule has 0 radical (unpaired) electrons. The van der Waals surface area contributed by atoms with E-state index in [9.17, 15) is 5.21 Å². The van der Waals surface area contributed by atoms with Crippen LogP contribution in [-0.4, -0.2) is 50.4 Å². The third-order valence-electron chi connectivity index (χ3n) is 5.46. The van der Waals surface area contributed by atoms with Crippen molar-refractivity contribution in [2.24, 2.45) is 5.16 Å². The summed E-state index contributed by atoms with van der Waals surface area (Å²) in [4.78, 5) is 2.25. The van der Waals surface area contributed by atoms with Gasteiger partial charge in [0.25, 0.3) is 0 Å². The Hall–Kier alpha value is -2.93. The number of nitrogens with zero attached hydrogens (tertiary/aromatic N) is 2. The first kappa shape index (κ1) is 18.4. The summed E-state index contributed by atoms with van der Waals surface area (Å²) in [5.41, 5.74) is 3.64. The second-order valence-corrected chi connectivity index (χ2v) is 6.95. The molecule has 28 heavy (non-hydrogen) atoms. The van der Waals surface area contributed by atoms with Crippen LogP contribution in [0.1, 0.15) is 29.2 Å². The van der Waals surface area contributed by atoms with Gasteiger partial charge in [0.05, 0.1) is 19.9 Å². The van der Waals surface area contributed by atoms with Crippen molar-refractivity contribution in [1.82, 2.24) is 4.90 Å². The number of fused-ring (bicyclic) bond motifs is 2. The van der Waals surface area contributed by atoms with Crippen molar-refractivity contribution in [1.29, 1.82) is 0 Å². The van der Waals surface area contributed by atoms with Crippen molar-refractivity contribution in [3.63, 3.8) is 0 Å². The molecule has 0 saturated heterocycles. The van der Waals surface area contributed by atoms with E-state index in [4.69, 9.17) is 18.9 Å². The molecule has 0 aliphatic carbocycles. The largest absolute Gasteiger partial charge is 0.497 e. The molecule has 0 fully saturated rings. The Morgan fingerprint density at radius 3 is 2.86 bits per heavy atom. The number of oxime groups is 1. The Bertz CT molecular complexity index is 912. The van der Waals surface area contributed by atoms with Gasteiger partial charge >= 0.3 is 0 Å². The molecule has 2 aliphatic rings. The molecule has 0 unspecified atom stereocenters. The Balaban J connectivity index is 1.74. The number of hydrogen-bond donors (Lipinski definition) is 1. The Morgan fingerprint density at radius 1 is 1.25 bits per heavy atom. The molecule has 7 heteroatoms. The average Bonchev–Trinajstić information content (AvgIpc) is 3.20. The monoisotopic (exact) mass is 384 g/mol. The SMILES string of the molecule is COc1cccc(/C(C[C@@H]2c3c(cc4c(c3OC)OCO4)CCN2C)=N/O)c1. The van der Waals surface area contributed by atoms with E-state index in [1.165, 1.54) is 5.56 Å². The molecule has 1 N–H and O–H groups in total. The summed E-state index contributed by atoms with van der Waals surface area (Å²) in [5, 5.41) is 13.3. The van der Waals surface area contributed by atoms with Crippen LogP contribution < -0.4 is 18.9 Å². The van der Waals surface area contributed by atoms with E-state index in [1.54, 1.807) is 14.2 Å². The first-order valence-corrected chi connectivity index (χ1v) is 9.21. The fourth-order valence-corrected chi connectivity index (χ4v) is 3.99. The zero-order chi connectivity index (χ0) is 19.7. The Labute approximate surface area is 164 Å². The lowest BCUT2D eigenvalue weighted by atomic mass is 9.87. The number of ether oxygens (including phenoxy) is 4. The molecule has 0 saturated carbocycles. The van der Waals surface area contributed by atoms with Crippen molar-refractivity contribution < 1.29 is 24.2 Å². The van der Waals surface area contributed by atoms with Crippen LogP contribution in [0.25, 0.3) is 0 Å². The van der Waals surface area contributed by atoms with Crippen molar-refractivity contribution in [2.75, 3.05) is 34.6 Å². The average molecular weight is 384 g/mol. The number of hydrogen-bond acceptors (Lipinski definition) is 7. The maximum Gasteiger partial charge on any atom is 0.231 e. The fraction of sp³-hybridized carbons (Fsp3) is 0.381. The molecule has 7 nitrogen and oxygen atoms in total. The second-order valence-electron chi connectivity index (χ2n) is 6.95. The third kappa shape index (κ3) is 3.11. The molecule has 0 bridgehead atoms. The standard InChI is InChI=1S/C21H24N2O5/c1-23-8-7-14-10-18-20(28-12-27-18)21(26-3)19(14)17(23)11-16(22-24)13-5-4-6-15(9-13)25-2/h4-6,9-10,17,24H,7-8,11-12H2,1-3H3/b22-16+/t17-/m1/s1. The smallest absolute Gasteiger partial charge is 0.231 e. The fourth-order valence-electron chi connectivity index (χ4n) is 3.99. The van der Waals surface area contributed by atoms with Gasteiger partial charge in [-0.3, -0.25) is 4.90 Å². The van der Waals surface area contributed by atoms with Crippen LogP contribution in [0.3, 0.4) is 0 Å². The van der Waals surface area contributed by atoms with Gasteiger partial charge in [0.1, 0.15) is 5.75 Å². The predicted molar refractivity (Wildman–Crippen MR) is 104 cm³/mol. The molecule has 0 aromatic heterocycles. The number of methoxy groups -OCH3 is 2. The highest BCUT2D eigenvalue weighted by atomic mass is 16.7. The highest BCUT2D eigenvalue weighted by Crippen LogP contribution is 2.50. The maximum atomic E-state index is 9.74. The predicted octanol–water partition coefficient (Wildman–Crippen LogP) is 3.23. The quantitative estimate of drug-likeness (QED) is 0.485. The minimum Gasteiger partial charge on any atom is -0.497 e. The molecular formula is C21H24N2O5. The van der Waals surface area contributed by atoms with E-state index in [1.807, 2.05) is 30.3 Å². The summed E-state index contributed by atoms with van der Waals surface area (Å²) in [6.45, 7) is 1.08. The van der Waals surface area contributed by atoms with E-state index in [2.05, 4.69) is 17.1 Å². The van der Waals surface area contributed by atoms with Crippen LogP contribution in [0.2, 0.25) is 0 Å². The van der Waals surface area contributed by atoms with Crippen LogP contribution in [0.4, 0.5) is 0 Å². The lowest BCUT2D eigenvalue weighted by molar-refractivity contribution is 0.170. The summed E-state index contributed by atoms with van der Waals surface area (Å²) in [6.07, 6.45) is 1.41. The first-order chi connectivity index (χ1) is 13.7. The third-order valence-corrected chi connectivity index (χ3v) is 5.46. The summed E-state index contributed by atoms with van der Waals surface area (Å²) in [5.74, 6) is 2.79. The van der Waals surface area contributed by atoms with Gasteiger partial charge < -0.3 is 24.2 Å². The van der Waals surface area contributed by atoms with Gasteiger partial charge in [-0.2, -0.15) is 0 Å². The van der Waals surface area contributed by atoms with Crippen LogP contribution in [0.15, 0.2) is 35.5 Å². The van der Waals surface area contributed by atoms with Crippen molar-refractivity contribution in [3.05, 3.63) is 47.0 Å². The highest BCUT2D eigenvalue weighted by molar-refractivity contribution is 6.01. The first-order valence-electron chi connectivity index (χ1n) is 9.21. The normalized spacial score (nSPS) is 18.7. The van der Waals surface area contributed by atoms with Crippen molar-refractivity contribution >= 4 is 5.71 Å². The van der Waals surface area contributed by atoms with Gasteiger partial charge in [-0.05, 0) is 37.2 Å². The molecule has 2 heterocycles. The Morgan fingerprint density at radius 2 is 2.11 bits per heavy atom. The molecule has 2 aliphatic heterocycles. The lowest BCUT2D eigenvalue weighted by Crippen LogP contribution is -2.34. The molecule has 2 aromatic carbocycles. The zero-order valence-corrected chi connectivity index (χ0v) is 16.3. The number of likely N-dealkylation sites (N-methyl/N-ethyl adjacent to an activating group) is 1. The summed E-state index contributed by atoms with van der Waals surface area (Å²) >= 11 is 0. The number of rotatable bonds is 5. The van der Waals surface area contributed by atoms with E-state index in [0.29, 0.717) is 23.6 Å². The summed E-state index contributed by atoms with van der Waals surface area (Å²) in [6, 6.07) is 9.56. The number of benzene rings is 2. The maximum absolute atomic E-state index is 9.74. The van der Waals surface area contributed by atoms with Crippen LogP contribution in [-0.2, 0) is 6.42 Å². The van der Waals surface area contributed by atoms with Gasteiger partial charge in [0, 0.05) is 30.1 Å².